The van der Waals surface area contributed by atoms with Crippen molar-refractivity contribution < 1.29 is 8.42 Å². The Morgan fingerprint density at radius 1 is 1.15 bits per heavy atom. The minimum absolute atomic E-state index is 0.141. The van der Waals surface area contributed by atoms with Crippen LogP contribution in [0.3, 0.4) is 0 Å². The van der Waals surface area contributed by atoms with Gasteiger partial charge in [0.15, 0.2) is 5.03 Å². The van der Waals surface area contributed by atoms with Gasteiger partial charge in [0.2, 0.25) is 0 Å². The van der Waals surface area contributed by atoms with Crippen molar-refractivity contribution in [1.29, 1.82) is 0 Å². The SMILES string of the molecule is Cc1nc(S(=O)(=O)N2CCN(Cc3c[nH]c4ccccc34)CC2)cn1C. The number of sulfonamides is 1. The van der Waals surface area contributed by atoms with Crippen molar-refractivity contribution in [3.8, 4) is 0 Å². The summed E-state index contributed by atoms with van der Waals surface area (Å²) in [5.74, 6) is 0.696. The summed E-state index contributed by atoms with van der Waals surface area (Å²) in [5, 5.41) is 1.37. The third-order valence-electron chi connectivity index (χ3n) is 5.09. The number of aromatic amines is 1. The Balaban J connectivity index is 1.44. The second kappa shape index (κ2) is 6.53. The van der Waals surface area contributed by atoms with Crippen LogP contribution < -0.4 is 0 Å². The van der Waals surface area contributed by atoms with Crippen LogP contribution in [0.25, 0.3) is 10.9 Å². The van der Waals surface area contributed by atoms with E-state index >= 15 is 0 Å². The molecular weight excluding hydrogens is 350 g/mol. The van der Waals surface area contributed by atoms with E-state index in [2.05, 4.69) is 27.0 Å². The maximum Gasteiger partial charge on any atom is 0.262 e. The highest BCUT2D eigenvalue weighted by molar-refractivity contribution is 7.89. The number of para-hydroxylation sites is 1. The van der Waals surface area contributed by atoms with Crippen LogP contribution in [0.4, 0.5) is 0 Å². The number of hydrogen-bond donors (Lipinski definition) is 1. The summed E-state index contributed by atoms with van der Waals surface area (Å²) in [7, 11) is -1.71. The van der Waals surface area contributed by atoms with E-state index in [0.29, 0.717) is 32.0 Å². The largest absolute Gasteiger partial charge is 0.361 e. The predicted molar refractivity (Wildman–Crippen MR) is 100 cm³/mol. The molecule has 0 bridgehead atoms. The van der Waals surface area contributed by atoms with Crippen LogP contribution in [0.15, 0.2) is 41.7 Å². The second-order valence-electron chi connectivity index (χ2n) is 6.78. The first-order chi connectivity index (χ1) is 12.4. The van der Waals surface area contributed by atoms with Crippen LogP contribution in [-0.2, 0) is 23.6 Å². The average Bonchev–Trinajstić information content (AvgIpc) is 3.20. The average molecular weight is 373 g/mol. The van der Waals surface area contributed by atoms with E-state index in [0.717, 1.165) is 12.1 Å². The van der Waals surface area contributed by atoms with Gasteiger partial charge < -0.3 is 9.55 Å². The Morgan fingerprint density at radius 3 is 2.58 bits per heavy atom. The lowest BCUT2D eigenvalue weighted by Crippen LogP contribution is -2.48. The molecule has 2 aromatic heterocycles. The van der Waals surface area contributed by atoms with Crippen LogP contribution in [0.1, 0.15) is 11.4 Å². The lowest BCUT2D eigenvalue weighted by Gasteiger charge is -2.33. The summed E-state index contributed by atoms with van der Waals surface area (Å²) >= 11 is 0. The molecule has 8 heteroatoms. The van der Waals surface area contributed by atoms with E-state index in [9.17, 15) is 8.42 Å². The minimum Gasteiger partial charge on any atom is -0.361 e. The number of aryl methyl sites for hydroxylation is 2. The minimum atomic E-state index is -3.52. The van der Waals surface area contributed by atoms with Crippen molar-refractivity contribution in [3.05, 3.63) is 48.0 Å². The molecule has 1 aliphatic heterocycles. The number of benzene rings is 1. The number of fused-ring (bicyclic) bond motifs is 1. The van der Waals surface area contributed by atoms with E-state index in [4.69, 9.17) is 0 Å². The van der Waals surface area contributed by atoms with Gasteiger partial charge in [-0.05, 0) is 18.6 Å². The monoisotopic (exact) mass is 373 g/mol. The number of nitrogens with one attached hydrogen (secondary N) is 1. The number of aromatic nitrogens is 3. The van der Waals surface area contributed by atoms with Gasteiger partial charge in [0.05, 0.1) is 0 Å². The third-order valence-corrected chi connectivity index (χ3v) is 6.86. The van der Waals surface area contributed by atoms with Crippen LogP contribution in [0.5, 0.6) is 0 Å². The Labute approximate surface area is 153 Å². The van der Waals surface area contributed by atoms with Gasteiger partial charge in [-0.25, -0.2) is 13.4 Å². The topological polar surface area (TPSA) is 74.2 Å². The summed E-state index contributed by atoms with van der Waals surface area (Å²) in [6, 6.07) is 8.24. The van der Waals surface area contributed by atoms with Gasteiger partial charge in [0.25, 0.3) is 10.0 Å². The van der Waals surface area contributed by atoms with E-state index < -0.39 is 10.0 Å². The fraction of sp³-hybridized carbons (Fsp3) is 0.389. The molecule has 1 fully saturated rings. The normalized spacial score (nSPS) is 17.2. The zero-order chi connectivity index (χ0) is 18.3. The summed E-state index contributed by atoms with van der Waals surface area (Å²) in [4.78, 5) is 9.78. The number of hydrogen-bond acceptors (Lipinski definition) is 4. The summed E-state index contributed by atoms with van der Waals surface area (Å²) < 4.78 is 28.8. The van der Waals surface area contributed by atoms with E-state index in [1.165, 1.54) is 10.9 Å². The van der Waals surface area contributed by atoms with Gasteiger partial charge in [-0.2, -0.15) is 4.31 Å². The third kappa shape index (κ3) is 3.04. The van der Waals surface area contributed by atoms with Crippen molar-refractivity contribution in [2.24, 2.45) is 7.05 Å². The van der Waals surface area contributed by atoms with Gasteiger partial charge >= 0.3 is 0 Å². The Hall–Kier alpha value is -2.16. The standard InChI is InChI=1S/C18H23N5O2S/c1-14-20-18(13-21(14)2)26(24,25)23-9-7-22(8-10-23)12-15-11-19-17-6-4-3-5-16(15)17/h3-6,11,13,19H,7-10,12H2,1-2H3. The number of H-pyrrole nitrogens is 1. The number of rotatable bonds is 4. The van der Waals surface area contributed by atoms with Crippen molar-refractivity contribution >= 4 is 20.9 Å². The first-order valence-electron chi connectivity index (χ1n) is 8.72. The molecule has 1 aromatic carbocycles. The highest BCUT2D eigenvalue weighted by Gasteiger charge is 2.30. The fourth-order valence-corrected chi connectivity index (χ4v) is 4.86. The molecule has 0 spiro atoms. The number of piperazine rings is 1. The number of nitrogens with zero attached hydrogens (tertiary/aromatic N) is 4. The van der Waals surface area contributed by atoms with E-state index in [1.54, 1.807) is 29.0 Å². The lowest BCUT2D eigenvalue weighted by atomic mass is 10.1. The highest BCUT2D eigenvalue weighted by Crippen LogP contribution is 2.21. The Kier molecular flexibility index (Phi) is 4.34. The predicted octanol–water partition coefficient (Wildman–Crippen LogP) is 1.72. The van der Waals surface area contributed by atoms with Crippen molar-refractivity contribution in [2.45, 2.75) is 18.5 Å². The Morgan fingerprint density at radius 2 is 1.88 bits per heavy atom. The van der Waals surface area contributed by atoms with Crippen LogP contribution in [-0.4, -0.2) is 58.3 Å². The Bertz CT molecular complexity index is 1010. The molecule has 4 rings (SSSR count). The summed E-state index contributed by atoms with van der Waals surface area (Å²) in [6.07, 6.45) is 3.63. The molecule has 0 aliphatic carbocycles. The van der Waals surface area contributed by atoms with Gasteiger partial charge in [-0.1, -0.05) is 18.2 Å². The maximum absolute atomic E-state index is 12.8. The molecule has 3 heterocycles. The van der Waals surface area contributed by atoms with Gasteiger partial charge in [0, 0.05) is 63.1 Å². The zero-order valence-corrected chi connectivity index (χ0v) is 15.8. The molecule has 0 unspecified atom stereocenters. The van der Waals surface area contributed by atoms with Gasteiger partial charge in [-0.15, -0.1) is 0 Å². The first-order valence-corrected chi connectivity index (χ1v) is 10.2. The first kappa shape index (κ1) is 17.3. The summed E-state index contributed by atoms with van der Waals surface area (Å²) in [6.45, 7) is 5.02. The zero-order valence-electron chi connectivity index (χ0n) is 15.0. The smallest absolute Gasteiger partial charge is 0.262 e. The molecule has 7 nitrogen and oxygen atoms in total. The van der Waals surface area contributed by atoms with Gasteiger partial charge in [-0.3, -0.25) is 4.90 Å². The van der Waals surface area contributed by atoms with E-state index in [-0.39, 0.29) is 5.03 Å². The highest BCUT2D eigenvalue weighted by atomic mass is 32.2. The molecular formula is C18H23N5O2S. The molecule has 1 aliphatic rings. The molecule has 1 N–H and O–H groups in total. The maximum atomic E-state index is 12.8. The molecule has 3 aromatic rings. The van der Waals surface area contributed by atoms with Crippen molar-refractivity contribution in [2.75, 3.05) is 26.2 Å². The molecule has 138 valence electrons. The van der Waals surface area contributed by atoms with E-state index in [1.807, 2.05) is 18.3 Å². The molecule has 0 amide bonds. The molecule has 0 radical (unpaired) electrons. The van der Waals surface area contributed by atoms with Crippen LogP contribution in [0.2, 0.25) is 0 Å². The van der Waals surface area contributed by atoms with Gasteiger partial charge in [0.1, 0.15) is 5.82 Å². The fourth-order valence-electron chi connectivity index (χ4n) is 3.41. The summed E-state index contributed by atoms with van der Waals surface area (Å²) in [5.41, 5.74) is 2.38. The lowest BCUT2D eigenvalue weighted by molar-refractivity contribution is 0.182. The van der Waals surface area contributed by atoms with Crippen LogP contribution in [0, 0.1) is 6.92 Å². The molecule has 1 saturated heterocycles. The van der Waals surface area contributed by atoms with Crippen LogP contribution >= 0.6 is 0 Å². The molecule has 0 atom stereocenters. The van der Waals surface area contributed by atoms with Crippen molar-refractivity contribution in [3.63, 3.8) is 0 Å². The molecule has 26 heavy (non-hydrogen) atoms. The number of imidazole rings is 1. The second-order valence-corrected chi connectivity index (χ2v) is 8.66. The molecule has 0 saturated carbocycles. The van der Waals surface area contributed by atoms with Crippen molar-refractivity contribution in [1.82, 2.24) is 23.7 Å². The quantitative estimate of drug-likeness (QED) is 0.756.